The van der Waals surface area contributed by atoms with Crippen LogP contribution in [0.3, 0.4) is 0 Å². The lowest BCUT2D eigenvalue weighted by molar-refractivity contribution is 0.180. The number of piperidine rings is 1. The van der Waals surface area contributed by atoms with Gasteiger partial charge in [0.2, 0.25) is 5.88 Å². The highest BCUT2D eigenvalue weighted by atomic mass is 16.5. The van der Waals surface area contributed by atoms with Crippen LogP contribution in [0.15, 0.2) is 12.3 Å². The summed E-state index contributed by atoms with van der Waals surface area (Å²) in [5.74, 6) is 0.675. The maximum absolute atomic E-state index is 5.71. The van der Waals surface area contributed by atoms with Gasteiger partial charge in [0.05, 0.1) is 11.9 Å². The van der Waals surface area contributed by atoms with Crippen LogP contribution in [0.4, 0.5) is 5.69 Å². The van der Waals surface area contributed by atoms with E-state index in [4.69, 9.17) is 10.5 Å². The molecule has 4 nitrogen and oxygen atoms in total. The first-order chi connectivity index (χ1) is 8.25. The number of pyridine rings is 1. The first-order valence-corrected chi connectivity index (χ1v) is 6.33. The first kappa shape index (κ1) is 12.2. The predicted octanol–water partition coefficient (Wildman–Crippen LogP) is 1.84. The predicted molar refractivity (Wildman–Crippen MR) is 69.2 cm³/mol. The van der Waals surface area contributed by atoms with Gasteiger partial charge in [0.15, 0.2) is 0 Å². The molecule has 1 fully saturated rings. The fourth-order valence-electron chi connectivity index (χ4n) is 2.08. The molecule has 17 heavy (non-hydrogen) atoms. The third-order valence-electron chi connectivity index (χ3n) is 3.23. The molecular weight excluding hydrogens is 214 g/mol. The molecule has 0 amide bonds. The number of nitrogens with zero attached hydrogens (tertiary/aromatic N) is 2. The topological polar surface area (TPSA) is 51.4 Å². The maximum atomic E-state index is 5.71. The number of nitrogen functional groups attached to an aromatic ring is 1. The van der Waals surface area contributed by atoms with Gasteiger partial charge in [0, 0.05) is 12.6 Å². The van der Waals surface area contributed by atoms with Crippen LogP contribution in [0.25, 0.3) is 0 Å². The number of likely N-dealkylation sites (tertiary alicyclic amines) is 1. The van der Waals surface area contributed by atoms with Crippen LogP contribution >= 0.6 is 0 Å². The number of nitrogens with two attached hydrogens (primary N) is 1. The zero-order chi connectivity index (χ0) is 12.1. The van der Waals surface area contributed by atoms with Crippen molar-refractivity contribution < 1.29 is 4.74 Å². The van der Waals surface area contributed by atoms with Crippen LogP contribution in [0.5, 0.6) is 5.88 Å². The van der Waals surface area contributed by atoms with E-state index in [9.17, 15) is 0 Å². The van der Waals surface area contributed by atoms with Crippen LogP contribution in [-0.4, -0.2) is 36.1 Å². The zero-order valence-corrected chi connectivity index (χ0v) is 10.5. The monoisotopic (exact) mass is 235 g/mol. The molecule has 1 saturated heterocycles. The fourth-order valence-corrected chi connectivity index (χ4v) is 2.08. The molecule has 0 saturated carbocycles. The molecule has 0 unspecified atom stereocenters. The minimum Gasteiger partial charge on any atom is -0.476 e. The van der Waals surface area contributed by atoms with Crippen molar-refractivity contribution in [3.05, 3.63) is 17.8 Å². The summed E-state index contributed by atoms with van der Waals surface area (Å²) < 4.78 is 5.64. The smallest absolute Gasteiger partial charge is 0.213 e. The van der Waals surface area contributed by atoms with Gasteiger partial charge >= 0.3 is 0 Å². The molecule has 4 heteroatoms. The van der Waals surface area contributed by atoms with E-state index in [1.54, 1.807) is 6.20 Å². The summed E-state index contributed by atoms with van der Waals surface area (Å²) >= 11 is 0. The van der Waals surface area contributed by atoms with Crippen molar-refractivity contribution in [2.45, 2.75) is 26.2 Å². The van der Waals surface area contributed by atoms with E-state index >= 15 is 0 Å². The van der Waals surface area contributed by atoms with Crippen LogP contribution in [-0.2, 0) is 0 Å². The minimum absolute atomic E-state index is 0.675. The van der Waals surface area contributed by atoms with E-state index in [1.165, 1.54) is 32.4 Å². The Bertz CT molecular complexity index is 362. The second-order valence-electron chi connectivity index (χ2n) is 4.63. The summed E-state index contributed by atoms with van der Waals surface area (Å²) in [5, 5.41) is 0. The van der Waals surface area contributed by atoms with E-state index < -0.39 is 0 Å². The summed E-state index contributed by atoms with van der Waals surface area (Å²) in [6.45, 7) is 6.07. The van der Waals surface area contributed by atoms with Crippen LogP contribution in [0.1, 0.15) is 24.8 Å². The number of anilines is 1. The van der Waals surface area contributed by atoms with E-state index in [-0.39, 0.29) is 0 Å². The van der Waals surface area contributed by atoms with Gasteiger partial charge in [0.1, 0.15) is 6.61 Å². The van der Waals surface area contributed by atoms with Crippen molar-refractivity contribution in [1.29, 1.82) is 0 Å². The Morgan fingerprint density at radius 2 is 2.12 bits per heavy atom. The van der Waals surface area contributed by atoms with Crippen molar-refractivity contribution in [2.75, 3.05) is 32.0 Å². The lowest BCUT2D eigenvalue weighted by Crippen LogP contribution is -2.33. The molecule has 0 aromatic carbocycles. The molecule has 2 N–H and O–H groups in total. The highest BCUT2D eigenvalue weighted by Gasteiger charge is 2.09. The van der Waals surface area contributed by atoms with Gasteiger partial charge in [0.25, 0.3) is 0 Å². The van der Waals surface area contributed by atoms with E-state index in [0.717, 1.165) is 12.1 Å². The standard InChI is InChI=1S/C13H21N3O/c1-11-9-13(15-10-12(11)14)17-8-7-16-5-3-2-4-6-16/h9-10H,2-8,14H2,1H3. The largest absolute Gasteiger partial charge is 0.476 e. The number of ether oxygens (including phenoxy) is 1. The molecule has 0 aliphatic carbocycles. The Morgan fingerprint density at radius 1 is 1.35 bits per heavy atom. The van der Waals surface area contributed by atoms with Crippen molar-refractivity contribution in [2.24, 2.45) is 0 Å². The molecule has 0 radical (unpaired) electrons. The highest BCUT2D eigenvalue weighted by Crippen LogP contribution is 2.15. The van der Waals surface area contributed by atoms with Gasteiger partial charge in [-0.05, 0) is 38.4 Å². The molecule has 1 aromatic rings. The fraction of sp³-hybridized carbons (Fsp3) is 0.615. The van der Waals surface area contributed by atoms with E-state index in [0.29, 0.717) is 18.2 Å². The molecule has 0 bridgehead atoms. The number of aromatic nitrogens is 1. The van der Waals surface area contributed by atoms with Gasteiger partial charge in [-0.15, -0.1) is 0 Å². The first-order valence-electron chi connectivity index (χ1n) is 6.33. The SMILES string of the molecule is Cc1cc(OCCN2CCCCC2)ncc1N. The van der Waals surface area contributed by atoms with Gasteiger partial charge < -0.3 is 10.5 Å². The van der Waals surface area contributed by atoms with Crippen LogP contribution in [0.2, 0.25) is 0 Å². The summed E-state index contributed by atoms with van der Waals surface area (Å²) in [4.78, 5) is 6.61. The average Bonchev–Trinajstić information content (AvgIpc) is 2.35. The van der Waals surface area contributed by atoms with Gasteiger partial charge in [-0.25, -0.2) is 4.98 Å². The van der Waals surface area contributed by atoms with E-state index in [1.807, 2.05) is 13.0 Å². The number of aryl methyl sites for hydroxylation is 1. The lowest BCUT2D eigenvalue weighted by Gasteiger charge is -2.26. The second kappa shape index (κ2) is 5.87. The normalized spacial score (nSPS) is 17.0. The Morgan fingerprint density at radius 3 is 2.82 bits per heavy atom. The molecular formula is C13H21N3O. The Balaban J connectivity index is 1.75. The van der Waals surface area contributed by atoms with Gasteiger partial charge in [-0.2, -0.15) is 0 Å². The lowest BCUT2D eigenvalue weighted by atomic mass is 10.1. The summed E-state index contributed by atoms with van der Waals surface area (Å²) in [7, 11) is 0. The van der Waals surface area contributed by atoms with Crippen LogP contribution < -0.4 is 10.5 Å². The Labute approximate surface area is 103 Å². The van der Waals surface area contributed by atoms with Crippen molar-refractivity contribution in [3.63, 3.8) is 0 Å². The number of rotatable bonds is 4. The molecule has 0 atom stereocenters. The summed E-state index contributed by atoms with van der Waals surface area (Å²) in [6.07, 6.45) is 5.67. The third kappa shape index (κ3) is 3.60. The number of hydrogen-bond acceptors (Lipinski definition) is 4. The molecule has 1 aromatic heterocycles. The van der Waals surface area contributed by atoms with Crippen LogP contribution in [0, 0.1) is 6.92 Å². The second-order valence-corrected chi connectivity index (χ2v) is 4.63. The molecule has 94 valence electrons. The summed E-state index contributed by atoms with van der Waals surface area (Å²) in [6, 6.07) is 1.89. The van der Waals surface area contributed by atoms with Crippen molar-refractivity contribution in [1.82, 2.24) is 9.88 Å². The zero-order valence-electron chi connectivity index (χ0n) is 10.5. The quantitative estimate of drug-likeness (QED) is 0.865. The third-order valence-corrected chi connectivity index (χ3v) is 3.23. The Kier molecular flexibility index (Phi) is 4.20. The van der Waals surface area contributed by atoms with E-state index in [2.05, 4.69) is 9.88 Å². The molecule has 1 aliphatic heterocycles. The molecule has 1 aliphatic rings. The molecule has 0 spiro atoms. The van der Waals surface area contributed by atoms with Crippen molar-refractivity contribution >= 4 is 5.69 Å². The van der Waals surface area contributed by atoms with Crippen molar-refractivity contribution in [3.8, 4) is 5.88 Å². The number of hydrogen-bond donors (Lipinski definition) is 1. The van der Waals surface area contributed by atoms with Gasteiger partial charge in [-0.3, -0.25) is 4.90 Å². The maximum Gasteiger partial charge on any atom is 0.213 e. The van der Waals surface area contributed by atoms with Gasteiger partial charge in [-0.1, -0.05) is 6.42 Å². The average molecular weight is 235 g/mol. The Hall–Kier alpha value is -1.29. The molecule has 2 heterocycles. The summed E-state index contributed by atoms with van der Waals surface area (Å²) in [5.41, 5.74) is 7.45. The highest BCUT2D eigenvalue weighted by molar-refractivity contribution is 5.45. The molecule has 2 rings (SSSR count). The minimum atomic E-state index is 0.675.